The Hall–Kier alpha value is -1.53. The summed E-state index contributed by atoms with van der Waals surface area (Å²) in [5.41, 5.74) is 0.258. The Morgan fingerprint density at radius 1 is 1.41 bits per heavy atom. The van der Waals surface area contributed by atoms with E-state index in [1.54, 1.807) is 0 Å². The number of benzene rings is 1. The van der Waals surface area contributed by atoms with Gasteiger partial charge in [-0.25, -0.2) is 8.78 Å². The topological polar surface area (TPSA) is 69.6 Å². The molecule has 0 amide bonds. The minimum atomic E-state index is -1.10. The van der Waals surface area contributed by atoms with Crippen LogP contribution < -0.4 is 5.32 Å². The summed E-state index contributed by atoms with van der Waals surface area (Å²) in [4.78, 5) is 10.2. The number of aliphatic carboxylic acids is 1. The third-order valence-electron chi connectivity index (χ3n) is 2.12. The average Bonchev–Trinajstić information content (AvgIpc) is 2.20. The number of carbonyl (C=O) groups is 1. The number of aliphatic hydroxyl groups excluding tert-OH is 1. The maximum Gasteiger partial charge on any atom is 0.306 e. The highest BCUT2D eigenvalue weighted by Crippen LogP contribution is 2.08. The lowest BCUT2D eigenvalue weighted by molar-refractivity contribution is -0.139. The van der Waals surface area contributed by atoms with E-state index in [9.17, 15) is 18.7 Å². The first-order valence-corrected chi connectivity index (χ1v) is 5.03. The molecule has 0 radical (unpaired) electrons. The van der Waals surface area contributed by atoms with E-state index < -0.39 is 23.7 Å². The lowest BCUT2D eigenvalue weighted by Gasteiger charge is -2.10. The first-order valence-electron chi connectivity index (χ1n) is 5.03. The van der Waals surface area contributed by atoms with E-state index in [0.29, 0.717) is 0 Å². The number of rotatable bonds is 6. The molecule has 0 bridgehead atoms. The van der Waals surface area contributed by atoms with Gasteiger partial charge in [-0.1, -0.05) is 6.07 Å². The van der Waals surface area contributed by atoms with Crippen molar-refractivity contribution < 1.29 is 23.8 Å². The smallest absolute Gasteiger partial charge is 0.306 e. The van der Waals surface area contributed by atoms with Crippen molar-refractivity contribution in [3.05, 3.63) is 35.4 Å². The molecule has 1 unspecified atom stereocenters. The van der Waals surface area contributed by atoms with Crippen molar-refractivity contribution in [2.75, 3.05) is 6.54 Å². The molecule has 1 rings (SSSR count). The van der Waals surface area contributed by atoms with Gasteiger partial charge in [0.05, 0.1) is 12.5 Å². The second-order valence-corrected chi connectivity index (χ2v) is 3.62. The van der Waals surface area contributed by atoms with Crippen LogP contribution in [0.5, 0.6) is 0 Å². The van der Waals surface area contributed by atoms with Crippen LogP contribution in [0.15, 0.2) is 18.2 Å². The highest BCUT2D eigenvalue weighted by Gasteiger charge is 2.09. The number of hydrogen-bond acceptors (Lipinski definition) is 3. The Labute approximate surface area is 96.9 Å². The van der Waals surface area contributed by atoms with Gasteiger partial charge in [0.1, 0.15) is 11.6 Å². The molecule has 94 valence electrons. The van der Waals surface area contributed by atoms with Crippen LogP contribution in [0.25, 0.3) is 0 Å². The standard InChI is InChI=1S/C11H13F2NO3/c12-8-2-1-7(10(13)3-8)5-14-6-9(15)4-11(16)17/h1-3,9,14-15H,4-6H2,(H,16,17). The predicted octanol–water partition coefficient (Wildman–Crippen LogP) is 0.890. The number of carboxylic acids is 1. The number of hydrogen-bond donors (Lipinski definition) is 3. The van der Waals surface area contributed by atoms with Gasteiger partial charge in [-0.05, 0) is 6.07 Å². The molecule has 1 atom stereocenters. The Morgan fingerprint density at radius 2 is 2.12 bits per heavy atom. The SMILES string of the molecule is O=C(O)CC(O)CNCc1ccc(F)cc1F. The summed E-state index contributed by atoms with van der Waals surface area (Å²) >= 11 is 0. The van der Waals surface area contributed by atoms with Crippen LogP contribution in [0.4, 0.5) is 8.78 Å². The van der Waals surface area contributed by atoms with Gasteiger partial charge in [-0.3, -0.25) is 4.79 Å². The van der Waals surface area contributed by atoms with Crippen molar-refractivity contribution in [1.82, 2.24) is 5.32 Å². The third-order valence-corrected chi connectivity index (χ3v) is 2.12. The normalized spacial score (nSPS) is 12.4. The summed E-state index contributed by atoms with van der Waals surface area (Å²) in [5, 5.41) is 20.3. The molecule has 17 heavy (non-hydrogen) atoms. The van der Waals surface area contributed by atoms with Crippen molar-refractivity contribution >= 4 is 5.97 Å². The first kappa shape index (κ1) is 13.5. The van der Waals surface area contributed by atoms with Gasteiger partial charge < -0.3 is 15.5 Å². The molecule has 0 heterocycles. The van der Waals surface area contributed by atoms with Gasteiger partial charge in [-0.2, -0.15) is 0 Å². The van der Waals surface area contributed by atoms with E-state index in [0.717, 1.165) is 12.1 Å². The summed E-state index contributed by atoms with van der Waals surface area (Å²) in [5.74, 6) is -2.44. The van der Waals surface area contributed by atoms with Crippen molar-refractivity contribution in [2.45, 2.75) is 19.1 Å². The lowest BCUT2D eigenvalue weighted by atomic mass is 10.2. The molecule has 0 aliphatic rings. The van der Waals surface area contributed by atoms with Gasteiger partial charge in [0.2, 0.25) is 0 Å². The largest absolute Gasteiger partial charge is 0.481 e. The van der Waals surface area contributed by atoms with Crippen molar-refractivity contribution in [2.24, 2.45) is 0 Å². The van der Waals surface area contributed by atoms with E-state index in [2.05, 4.69) is 5.32 Å². The first-order chi connectivity index (χ1) is 7.99. The molecule has 0 aliphatic carbocycles. The number of nitrogens with one attached hydrogen (secondary N) is 1. The minimum Gasteiger partial charge on any atom is -0.481 e. The van der Waals surface area contributed by atoms with Gasteiger partial charge >= 0.3 is 5.97 Å². The molecule has 3 N–H and O–H groups in total. The molecule has 0 fully saturated rings. The molecule has 1 aromatic carbocycles. The van der Waals surface area contributed by atoms with Crippen molar-refractivity contribution in [3.8, 4) is 0 Å². The molecular formula is C11H13F2NO3. The molecule has 0 spiro atoms. The molecule has 6 heteroatoms. The van der Waals surface area contributed by atoms with E-state index >= 15 is 0 Å². The summed E-state index contributed by atoms with van der Waals surface area (Å²) in [6, 6.07) is 3.19. The molecule has 0 saturated carbocycles. The maximum atomic E-state index is 13.1. The second-order valence-electron chi connectivity index (χ2n) is 3.62. The van der Waals surface area contributed by atoms with Crippen LogP contribution in [0.3, 0.4) is 0 Å². The van der Waals surface area contributed by atoms with E-state index in [1.165, 1.54) is 6.07 Å². The zero-order valence-corrected chi connectivity index (χ0v) is 8.99. The van der Waals surface area contributed by atoms with Crippen LogP contribution in [0.1, 0.15) is 12.0 Å². The molecular weight excluding hydrogens is 232 g/mol. The van der Waals surface area contributed by atoms with E-state index in [4.69, 9.17) is 5.11 Å². The minimum absolute atomic E-state index is 0.0309. The fraction of sp³-hybridized carbons (Fsp3) is 0.364. The molecule has 4 nitrogen and oxygen atoms in total. The monoisotopic (exact) mass is 245 g/mol. The third kappa shape index (κ3) is 4.88. The fourth-order valence-electron chi connectivity index (χ4n) is 1.31. The van der Waals surface area contributed by atoms with Gasteiger partial charge in [0, 0.05) is 24.7 Å². The Bertz CT molecular complexity index is 398. The Morgan fingerprint density at radius 3 is 2.71 bits per heavy atom. The zero-order chi connectivity index (χ0) is 12.8. The van der Waals surface area contributed by atoms with Crippen LogP contribution in [-0.4, -0.2) is 28.8 Å². The van der Waals surface area contributed by atoms with Crippen molar-refractivity contribution in [1.29, 1.82) is 0 Å². The van der Waals surface area contributed by atoms with E-state index in [-0.39, 0.29) is 25.1 Å². The highest BCUT2D eigenvalue weighted by atomic mass is 19.1. The summed E-state index contributed by atoms with van der Waals surface area (Å²) in [6.45, 7) is 0.131. The second kappa shape index (κ2) is 6.27. The van der Waals surface area contributed by atoms with Gasteiger partial charge in [0.15, 0.2) is 0 Å². The summed E-state index contributed by atoms with van der Waals surface area (Å²) < 4.78 is 25.7. The molecule has 0 saturated heterocycles. The zero-order valence-electron chi connectivity index (χ0n) is 8.99. The molecule has 0 aromatic heterocycles. The average molecular weight is 245 g/mol. The highest BCUT2D eigenvalue weighted by molar-refractivity contribution is 5.67. The number of aliphatic hydroxyl groups is 1. The Balaban J connectivity index is 2.38. The summed E-state index contributed by atoms with van der Waals surface area (Å²) in [7, 11) is 0. The van der Waals surface area contributed by atoms with Crippen molar-refractivity contribution in [3.63, 3.8) is 0 Å². The quantitative estimate of drug-likeness (QED) is 0.696. The fourth-order valence-corrected chi connectivity index (χ4v) is 1.31. The van der Waals surface area contributed by atoms with Gasteiger partial charge in [-0.15, -0.1) is 0 Å². The molecule has 0 aliphatic heterocycles. The number of carboxylic acid groups (broad SMARTS) is 1. The van der Waals surface area contributed by atoms with Gasteiger partial charge in [0.25, 0.3) is 0 Å². The number of halogens is 2. The van der Waals surface area contributed by atoms with Crippen LogP contribution in [0.2, 0.25) is 0 Å². The maximum absolute atomic E-state index is 13.1. The van der Waals surface area contributed by atoms with Crippen LogP contribution in [-0.2, 0) is 11.3 Å². The van der Waals surface area contributed by atoms with E-state index in [1.807, 2.05) is 0 Å². The van der Waals surface area contributed by atoms with Crippen LogP contribution in [0, 0.1) is 11.6 Å². The molecule has 1 aromatic rings. The van der Waals surface area contributed by atoms with Crippen LogP contribution >= 0.6 is 0 Å². The summed E-state index contributed by atoms with van der Waals surface area (Å²) in [6.07, 6.45) is -1.41. The lowest BCUT2D eigenvalue weighted by Crippen LogP contribution is -2.28. The predicted molar refractivity (Wildman–Crippen MR) is 56.3 cm³/mol. The Kier molecular flexibility index (Phi) is 4.99.